The molecule has 6 nitrogen and oxygen atoms in total. The average Bonchev–Trinajstić information content (AvgIpc) is 3.36. The van der Waals surface area contributed by atoms with E-state index in [4.69, 9.17) is 4.74 Å². The lowest BCUT2D eigenvalue weighted by molar-refractivity contribution is 0.341. The largest absolute Gasteiger partial charge is 0.493 e. The Balaban J connectivity index is 1.79. The topological polar surface area (TPSA) is 83.2 Å². The van der Waals surface area contributed by atoms with E-state index in [2.05, 4.69) is 26.6 Å². The predicted octanol–water partition coefficient (Wildman–Crippen LogP) is 5.14. The lowest BCUT2D eigenvalue weighted by Gasteiger charge is -2.08. The number of para-hydroxylation sites is 1. The van der Waals surface area contributed by atoms with Crippen LogP contribution in [-0.4, -0.2) is 22.8 Å². The van der Waals surface area contributed by atoms with Gasteiger partial charge in [-0.15, -0.1) is 22.7 Å². The van der Waals surface area contributed by atoms with Gasteiger partial charge >= 0.3 is 0 Å². The maximum atomic E-state index is 9.79. The van der Waals surface area contributed by atoms with Crippen LogP contribution in [-0.2, 0) is 0 Å². The van der Waals surface area contributed by atoms with E-state index in [0.717, 1.165) is 25.8 Å². The van der Waals surface area contributed by atoms with E-state index in [1.807, 2.05) is 48.7 Å². The SMILES string of the molecule is CCOc1ccccc1-c1sc2c(NN=Cc3cccs3)ncnc2c1C#N. The van der Waals surface area contributed by atoms with E-state index in [0.29, 0.717) is 23.5 Å². The van der Waals surface area contributed by atoms with Crippen LogP contribution in [0.2, 0.25) is 0 Å². The van der Waals surface area contributed by atoms with Crippen LogP contribution < -0.4 is 10.2 Å². The fraction of sp³-hybridized carbons (Fsp3) is 0.100. The molecule has 0 bridgehead atoms. The number of ether oxygens (including phenoxy) is 1. The summed E-state index contributed by atoms with van der Waals surface area (Å²) in [6.07, 6.45) is 3.18. The summed E-state index contributed by atoms with van der Waals surface area (Å²) < 4.78 is 6.53. The summed E-state index contributed by atoms with van der Waals surface area (Å²) >= 11 is 3.05. The molecule has 0 amide bonds. The number of hydrogen-bond acceptors (Lipinski definition) is 8. The molecule has 0 aliphatic heterocycles. The standard InChI is InChI=1S/C20H15N5OS2/c1-2-26-16-8-4-3-7-14(16)18-15(10-21)17-19(28-18)20(23-12-22-17)25-24-11-13-6-5-9-27-13/h3-9,11-12H,2H2,1H3,(H,22,23,25). The van der Waals surface area contributed by atoms with Crippen LogP contribution in [0.25, 0.3) is 20.7 Å². The van der Waals surface area contributed by atoms with E-state index in [1.165, 1.54) is 17.7 Å². The molecule has 0 fully saturated rings. The van der Waals surface area contributed by atoms with Crippen LogP contribution >= 0.6 is 22.7 Å². The molecule has 1 aromatic carbocycles. The summed E-state index contributed by atoms with van der Waals surface area (Å²) in [5, 5.41) is 16.0. The molecule has 3 aromatic heterocycles. The summed E-state index contributed by atoms with van der Waals surface area (Å²) in [5.74, 6) is 1.31. The number of hydrazone groups is 1. The Kier molecular flexibility index (Phi) is 5.28. The minimum atomic E-state index is 0.514. The van der Waals surface area contributed by atoms with Crippen LogP contribution in [0.4, 0.5) is 5.82 Å². The zero-order valence-corrected chi connectivity index (χ0v) is 16.5. The highest BCUT2D eigenvalue weighted by molar-refractivity contribution is 7.23. The first-order chi connectivity index (χ1) is 13.8. The second-order valence-corrected chi connectivity index (χ2v) is 7.63. The first kappa shape index (κ1) is 18.1. The van der Waals surface area contributed by atoms with Gasteiger partial charge < -0.3 is 4.74 Å². The number of anilines is 1. The second-order valence-electron chi connectivity index (χ2n) is 5.63. The molecule has 0 spiro atoms. The third-order valence-corrected chi connectivity index (χ3v) is 5.95. The van der Waals surface area contributed by atoms with Gasteiger partial charge in [-0.3, -0.25) is 5.43 Å². The normalized spacial score (nSPS) is 11.0. The highest BCUT2D eigenvalue weighted by Gasteiger charge is 2.20. The fourth-order valence-electron chi connectivity index (χ4n) is 2.74. The summed E-state index contributed by atoms with van der Waals surface area (Å²) in [4.78, 5) is 10.5. The second kappa shape index (κ2) is 8.17. The van der Waals surface area contributed by atoms with Crippen molar-refractivity contribution >= 4 is 44.9 Å². The van der Waals surface area contributed by atoms with Gasteiger partial charge in [0, 0.05) is 10.4 Å². The number of rotatable bonds is 6. The summed E-state index contributed by atoms with van der Waals surface area (Å²) in [7, 11) is 0. The van der Waals surface area contributed by atoms with Crippen molar-refractivity contribution in [3.63, 3.8) is 0 Å². The number of nitrogens with zero attached hydrogens (tertiary/aromatic N) is 4. The number of hydrogen-bond donors (Lipinski definition) is 1. The van der Waals surface area contributed by atoms with Gasteiger partial charge in [0.05, 0.1) is 28.0 Å². The van der Waals surface area contributed by atoms with Crippen LogP contribution in [0, 0.1) is 11.3 Å². The Labute approximate surface area is 169 Å². The highest BCUT2D eigenvalue weighted by Crippen LogP contribution is 2.43. The molecule has 28 heavy (non-hydrogen) atoms. The molecule has 0 unspecified atom stereocenters. The monoisotopic (exact) mass is 405 g/mol. The third kappa shape index (κ3) is 3.45. The first-order valence-corrected chi connectivity index (χ1v) is 10.2. The van der Waals surface area contributed by atoms with Crippen molar-refractivity contribution in [3.05, 3.63) is 58.5 Å². The molecule has 138 valence electrons. The van der Waals surface area contributed by atoms with E-state index in [9.17, 15) is 5.26 Å². The maximum Gasteiger partial charge on any atom is 0.167 e. The molecule has 0 aliphatic rings. The third-order valence-electron chi connectivity index (χ3n) is 3.92. The minimum absolute atomic E-state index is 0.514. The summed E-state index contributed by atoms with van der Waals surface area (Å²) in [6.45, 7) is 2.49. The molecule has 0 saturated carbocycles. The molecular weight excluding hydrogens is 390 g/mol. The van der Waals surface area contributed by atoms with Gasteiger partial charge in [-0.25, -0.2) is 9.97 Å². The molecule has 0 saturated heterocycles. The average molecular weight is 406 g/mol. The number of thiophene rings is 2. The van der Waals surface area contributed by atoms with Crippen molar-refractivity contribution in [2.45, 2.75) is 6.92 Å². The zero-order chi connectivity index (χ0) is 19.3. The number of fused-ring (bicyclic) bond motifs is 1. The van der Waals surface area contributed by atoms with Crippen LogP contribution in [0.1, 0.15) is 17.4 Å². The van der Waals surface area contributed by atoms with E-state index < -0.39 is 0 Å². The van der Waals surface area contributed by atoms with Gasteiger partial charge in [-0.05, 0) is 30.5 Å². The predicted molar refractivity (Wildman–Crippen MR) is 114 cm³/mol. The van der Waals surface area contributed by atoms with Crippen molar-refractivity contribution in [2.75, 3.05) is 12.0 Å². The van der Waals surface area contributed by atoms with Crippen molar-refractivity contribution in [2.24, 2.45) is 5.10 Å². The van der Waals surface area contributed by atoms with Gasteiger partial charge in [0.1, 0.15) is 23.7 Å². The Bertz CT molecular complexity index is 1180. The number of nitrogens with one attached hydrogen (secondary N) is 1. The number of nitriles is 1. The summed E-state index contributed by atoms with van der Waals surface area (Å²) in [5.41, 5.74) is 4.97. The Morgan fingerprint density at radius 3 is 2.93 bits per heavy atom. The molecule has 1 N–H and O–H groups in total. The lowest BCUT2D eigenvalue weighted by Crippen LogP contribution is -1.94. The highest BCUT2D eigenvalue weighted by atomic mass is 32.1. The van der Waals surface area contributed by atoms with Gasteiger partial charge in [-0.2, -0.15) is 10.4 Å². The van der Waals surface area contributed by atoms with Crippen molar-refractivity contribution in [1.29, 1.82) is 5.26 Å². The van der Waals surface area contributed by atoms with Crippen LogP contribution in [0.15, 0.2) is 53.2 Å². The van der Waals surface area contributed by atoms with E-state index >= 15 is 0 Å². The molecule has 0 aliphatic carbocycles. The van der Waals surface area contributed by atoms with E-state index in [1.54, 1.807) is 17.6 Å². The Morgan fingerprint density at radius 2 is 2.14 bits per heavy atom. The van der Waals surface area contributed by atoms with Crippen molar-refractivity contribution < 1.29 is 4.74 Å². The molecule has 3 heterocycles. The molecular formula is C20H15N5OS2. The Morgan fingerprint density at radius 1 is 1.25 bits per heavy atom. The lowest BCUT2D eigenvalue weighted by atomic mass is 10.1. The van der Waals surface area contributed by atoms with Crippen molar-refractivity contribution in [3.8, 4) is 22.3 Å². The molecule has 0 radical (unpaired) electrons. The molecule has 8 heteroatoms. The van der Waals surface area contributed by atoms with Crippen LogP contribution in [0.3, 0.4) is 0 Å². The fourth-order valence-corrected chi connectivity index (χ4v) is 4.50. The Hall–Kier alpha value is -3.28. The van der Waals surface area contributed by atoms with Gasteiger partial charge in [-0.1, -0.05) is 18.2 Å². The van der Waals surface area contributed by atoms with Gasteiger partial charge in [0.15, 0.2) is 5.82 Å². The molecule has 4 aromatic rings. The van der Waals surface area contributed by atoms with E-state index in [-0.39, 0.29) is 0 Å². The molecule has 0 atom stereocenters. The van der Waals surface area contributed by atoms with Crippen LogP contribution in [0.5, 0.6) is 5.75 Å². The quantitative estimate of drug-likeness (QED) is 0.355. The molecule has 4 rings (SSSR count). The summed E-state index contributed by atoms with van der Waals surface area (Å²) in [6, 6.07) is 13.9. The number of aromatic nitrogens is 2. The van der Waals surface area contributed by atoms with Gasteiger partial charge in [0.2, 0.25) is 0 Å². The smallest absolute Gasteiger partial charge is 0.167 e. The first-order valence-electron chi connectivity index (χ1n) is 8.54. The maximum absolute atomic E-state index is 9.79. The zero-order valence-electron chi connectivity index (χ0n) is 14.9. The van der Waals surface area contributed by atoms with Crippen molar-refractivity contribution in [1.82, 2.24) is 9.97 Å². The number of benzene rings is 1. The van der Waals surface area contributed by atoms with Gasteiger partial charge in [0.25, 0.3) is 0 Å². The minimum Gasteiger partial charge on any atom is -0.493 e.